The molecule has 29 heavy (non-hydrogen) atoms. The number of rotatable bonds is 3. The third-order valence-corrected chi connectivity index (χ3v) is 5.35. The summed E-state index contributed by atoms with van der Waals surface area (Å²) in [6, 6.07) is 13.8. The highest BCUT2D eigenvalue weighted by molar-refractivity contribution is 6.04. The number of benzene rings is 2. The summed E-state index contributed by atoms with van der Waals surface area (Å²) in [7, 11) is 2.11. The Morgan fingerprint density at radius 1 is 1.07 bits per heavy atom. The van der Waals surface area contributed by atoms with Gasteiger partial charge >= 0.3 is 0 Å². The number of anilines is 1. The lowest BCUT2D eigenvalue weighted by atomic mass is 9.97. The zero-order chi connectivity index (χ0) is 19.8. The predicted molar refractivity (Wildman–Crippen MR) is 112 cm³/mol. The van der Waals surface area contributed by atoms with Gasteiger partial charge in [0, 0.05) is 35.8 Å². The van der Waals surface area contributed by atoms with Crippen LogP contribution in [0.4, 0.5) is 5.82 Å². The van der Waals surface area contributed by atoms with Gasteiger partial charge in [-0.2, -0.15) is 0 Å². The molecule has 1 aliphatic rings. The fraction of sp³-hybridized carbons (Fsp3) is 0.174. The molecule has 1 N–H and O–H groups in total. The quantitative estimate of drug-likeness (QED) is 0.575. The molecule has 1 aliphatic heterocycles. The Hall–Kier alpha value is -3.51. The average Bonchev–Trinajstić information content (AvgIpc) is 3.28. The van der Waals surface area contributed by atoms with Crippen LogP contribution in [0.15, 0.2) is 65.7 Å². The van der Waals surface area contributed by atoms with Crippen LogP contribution in [0.5, 0.6) is 0 Å². The largest absolute Gasteiger partial charge is 0.444 e. The molecular weight excluding hydrogens is 364 g/mol. The van der Waals surface area contributed by atoms with Crippen LogP contribution < -0.4 is 5.32 Å². The second-order valence-corrected chi connectivity index (χ2v) is 7.42. The highest BCUT2D eigenvalue weighted by Crippen LogP contribution is 2.25. The summed E-state index contributed by atoms with van der Waals surface area (Å²) < 4.78 is 5.37. The molecule has 1 amide bonds. The Morgan fingerprint density at radius 3 is 2.86 bits per heavy atom. The third-order valence-electron chi connectivity index (χ3n) is 5.35. The lowest BCUT2D eigenvalue weighted by Crippen LogP contribution is -2.27. The van der Waals surface area contributed by atoms with Crippen molar-refractivity contribution in [2.75, 3.05) is 18.9 Å². The summed E-state index contributed by atoms with van der Waals surface area (Å²) in [5, 5.41) is 4.88. The summed E-state index contributed by atoms with van der Waals surface area (Å²) in [6.07, 6.45) is 5.82. The van der Waals surface area contributed by atoms with E-state index in [1.54, 1.807) is 12.4 Å². The number of hydrogen-bond donors (Lipinski definition) is 1. The van der Waals surface area contributed by atoms with Crippen molar-refractivity contribution >= 4 is 22.5 Å². The molecule has 0 atom stereocenters. The normalized spacial score (nSPS) is 14.0. The summed E-state index contributed by atoms with van der Waals surface area (Å²) in [5.41, 5.74) is 4.13. The molecule has 2 aromatic heterocycles. The van der Waals surface area contributed by atoms with Crippen molar-refractivity contribution in [1.82, 2.24) is 14.9 Å². The first-order chi connectivity index (χ1) is 14.2. The number of likely N-dealkylation sites (N-methyl/N-ethyl adjacent to an activating group) is 1. The van der Waals surface area contributed by atoms with Gasteiger partial charge in [0.05, 0.1) is 6.20 Å². The third kappa shape index (κ3) is 3.50. The maximum Gasteiger partial charge on any atom is 0.256 e. The Morgan fingerprint density at radius 2 is 2.00 bits per heavy atom. The first-order valence-electron chi connectivity index (χ1n) is 9.56. The van der Waals surface area contributed by atoms with Gasteiger partial charge in [0.2, 0.25) is 0 Å². The summed E-state index contributed by atoms with van der Waals surface area (Å²) in [6.45, 7) is 1.94. The van der Waals surface area contributed by atoms with E-state index in [0.29, 0.717) is 17.1 Å². The van der Waals surface area contributed by atoms with Gasteiger partial charge in [0.15, 0.2) is 12.2 Å². The SMILES string of the molecule is CN1CCc2cc(C(=O)Nc3cc4cc(-c5cnco5)ccc4cn3)ccc2C1. The maximum atomic E-state index is 12.8. The van der Waals surface area contributed by atoms with Gasteiger partial charge in [-0.15, -0.1) is 0 Å². The van der Waals surface area contributed by atoms with E-state index in [9.17, 15) is 4.79 Å². The molecule has 5 rings (SSSR count). The van der Waals surface area contributed by atoms with Gasteiger partial charge in [0.25, 0.3) is 5.91 Å². The maximum absolute atomic E-state index is 12.8. The molecule has 0 unspecified atom stereocenters. The van der Waals surface area contributed by atoms with Gasteiger partial charge < -0.3 is 14.6 Å². The van der Waals surface area contributed by atoms with Crippen molar-refractivity contribution in [3.05, 3.63) is 77.9 Å². The monoisotopic (exact) mass is 384 g/mol. The number of amides is 1. The number of pyridine rings is 1. The molecule has 6 nitrogen and oxygen atoms in total. The van der Waals surface area contributed by atoms with Crippen molar-refractivity contribution in [2.24, 2.45) is 0 Å². The molecule has 0 bridgehead atoms. The second-order valence-electron chi connectivity index (χ2n) is 7.42. The van der Waals surface area contributed by atoms with Crippen molar-refractivity contribution in [2.45, 2.75) is 13.0 Å². The number of carbonyl (C=O) groups excluding carboxylic acids is 1. The van der Waals surface area contributed by atoms with Crippen LogP contribution in [0.3, 0.4) is 0 Å². The number of oxazole rings is 1. The molecular formula is C23H20N4O2. The second kappa shape index (κ2) is 7.14. The van der Waals surface area contributed by atoms with Crippen LogP contribution in [0, 0.1) is 0 Å². The number of carbonyl (C=O) groups is 1. The Bertz CT molecular complexity index is 1200. The highest BCUT2D eigenvalue weighted by atomic mass is 16.3. The Labute approximate surface area is 168 Å². The Kier molecular flexibility index (Phi) is 4.33. The van der Waals surface area contributed by atoms with E-state index >= 15 is 0 Å². The number of nitrogens with one attached hydrogen (secondary N) is 1. The fourth-order valence-electron chi connectivity index (χ4n) is 3.74. The average molecular weight is 384 g/mol. The van der Waals surface area contributed by atoms with Crippen LogP contribution in [-0.4, -0.2) is 34.4 Å². The molecule has 2 aromatic carbocycles. The van der Waals surface area contributed by atoms with Crippen LogP contribution in [-0.2, 0) is 13.0 Å². The van der Waals surface area contributed by atoms with E-state index < -0.39 is 0 Å². The van der Waals surface area contributed by atoms with Gasteiger partial charge in [-0.05, 0) is 54.2 Å². The van der Waals surface area contributed by atoms with E-state index in [1.165, 1.54) is 17.5 Å². The van der Waals surface area contributed by atoms with Gasteiger partial charge in [0.1, 0.15) is 5.82 Å². The zero-order valence-electron chi connectivity index (χ0n) is 16.1. The van der Waals surface area contributed by atoms with E-state index in [-0.39, 0.29) is 5.91 Å². The minimum atomic E-state index is -0.148. The lowest BCUT2D eigenvalue weighted by Gasteiger charge is -2.25. The molecule has 0 radical (unpaired) electrons. The number of nitrogens with zero attached hydrogens (tertiary/aromatic N) is 3. The van der Waals surface area contributed by atoms with Crippen molar-refractivity contribution < 1.29 is 9.21 Å². The van der Waals surface area contributed by atoms with E-state index in [2.05, 4.69) is 33.3 Å². The molecule has 144 valence electrons. The summed E-state index contributed by atoms with van der Waals surface area (Å²) >= 11 is 0. The predicted octanol–water partition coefficient (Wildman–Crippen LogP) is 4.13. The van der Waals surface area contributed by atoms with Gasteiger partial charge in [-0.3, -0.25) is 4.79 Å². The summed E-state index contributed by atoms with van der Waals surface area (Å²) in [5.74, 6) is 1.08. The van der Waals surface area contributed by atoms with Crippen molar-refractivity contribution in [3.63, 3.8) is 0 Å². The molecule has 0 spiro atoms. The van der Waals surface area contributed by atoms with E-state index in [1.807, 2.05) is 36.4 Å². The number of hydrogen-bond acceptors (Lipinski definition) is 5. The molecule has 6 heteroatoms. The van der Waals surface area contributed by atoms with Crippen LogP contribution >= 0.6 is 0 Å². The van der Waals surface area contributed by atoms with Crippen LogP contribution in [0.25, 0.3) is 22.1 Å². The molecule has 0 saturated heterocycles. The van der Waals surface area contributed by atoms with E-state index in [4.69, 9.17) is 4.42 Å². The fourth-order valence-corrected chi connectivity index (χ4v) is 3.74. The first-order valence-corrected chi connectivity index (χ1v) is 9.56. The highest BCUT2D eigenvalue weighted by Gasteiger charge is 2.16. The van der Waals surface area contributed by atoms with Crippen LogP contribution in [0.1, 0.15) is 21.5 Å². The molecule has 4 aromatic rings. The van der Waals surface area contributed by atoms with Crippen LogP contribution in [0.2, 0.25) is 0 Å². The van der Waals surface area contributed by atoms with E-state index in [0.717, 1.165) is 35.8 Å². The summed E-state index contributed by atoms with van der Waals surface area (Å²) in [4.78, 5) is 23.4. The number of fused-ring (bicyclic) bond motifs is 2. The minimum Gasteiger partial charge on any atom is -0.444 e. The van der Waals surface area contributed by atoms with Crippen molar-refractivity contribution in [1.29, 1.82) is 0 Å². The lowest BCUT2D eigenvalue weighted by molar-refractivity contribution is 0.102. The standard InChI is InChI=1S/C23H20N4O2/c1-27-7-6-15-8-17(3-5-19(15)13-27)23(28)26-22-10-20-9-16(21-12-24-14-29-21)2-4-18(20)11-25-22/h2-5,8-12,14H,6-7,13H2,1H3,(H,25,26,28). The molecule has 0 saturated carbocycles. The van der Waals surface area contributed by atoms with Gasteiger partial charge in [-0.1, -0.05) is 18.2 Å². The zero-order valence-corrected chi connectivity index (χ0v) is 16.1. The molecule has 0 fully saturated rings. The minimum absolute atomic E-state index is 0.148. The molecule has 0 aliphatic carbocycles. The van der Waals surface area contributed by atoms with Gasteiger partial charge in [-0.25, -0.2) is 9.97 Å². The molecule has 3 heterocycles. The topological polar surface area (TPSA) is 71.3 Å². The number of aromatic nitrogens is 2. The smallest absolute Gasteiger partial charge is 0.256 e. The first kappa shape index (κ1) is 17.6. The Balaban J connectivity index is 1.40. The van der Waals surface area contributed by atoms with Crippen molar-refractivity contribution in [3.8, 4) is 11.3 Å².